The average Bonchev–Trinajstić information content (AvgIpc) is 2.83. The van der Waals surface area contributed by atoms with Gasteiger partial charge < -0.3 is 10.6 Å². The van der Waals surface area contributed by atoms with Gasteiger partial charge in [0.1, 0.15) is 5.01 Å². The average molecular weight is 265 g/mol. The van der Waals surface area contributed by atoms with Crippen molar-refractivity contribution in [2.24, 2.45) is 7.05 Å². The van der Waals surface area contributed by atoms with Crippen LogP contribution in [0.15, 0.2) is 12.4 Å². The van der Waals surface area contributed by atoms with E-state index in [2.05, 4.69) is 20.7 Å². The molecule has 96 valence electrons. The summed E-state index contributed by atoms with van der Waals surface area (Å²) in [4.78, 5) is 17.0. The Morgan fingerprint density at radius 2 is 2.28 bits per heavy atom. The van der Waals surface area contributed by atoms with Gasteiger partial charge in [0.15, 0.2) is 0 Å². The predicted octanol–water partition coefficient (Wildman–Crippen LogP) is 1.82. The summed E-state index contributed by atoms with van der Waals surface area (Å²) in [5.41, 5.74) is 1.50. The molecule has 2 N–H and O–H groups in total. The molecule has 0 aromatic carbocycles. The van der Waals surface area contributed by atoms with Crippen molar-refractivity contribution in [3.05, 3.63) is 28.0 Å². The third kappa shape index (κ3) is 3.07. The maximum absolute atomic E-state index is 11.7. The van der Waals surface area contributed by atoms with Gasteiger partial charge in [-0.15, -0.1) is 11.3 Å². The highest BCUT2D eigenvalue weighted by atomic mass is 32.1. The van der Waals surface area contributed by atoms with E-state index >= 15 is 0 Å². The van der Waals surface area contributed by atoms with Crippen LogP contribution in [-0.2, 0) is 13.6 Å². The van der Waals surface area contributed by atoms with Crippen LogP contribution >= 0.6 is 11.3 Å². The lowest BCUT2D eigenvalue weighted by Crippen LogP contribution is -2.28. The van der Waals surface area contributed by atoms with Gasteiger partial charge in [0.05, 0.1) is 17.9 Å². The highest BCUT2D eigenvalue weighted by Crippen LogP contribution is 2.12. The second-order valence-electron chi connectivity index (χ2n) is 3.97. The van der Waals surface area contributed by atoms with Gasteiger partial charge in [0.2, 0.25) is 0 Å². The number of anilines is 1. The fourth-order valence-corrected chi connectivity index (χ4v) is 2.25. The smallest absolute Gasteiger partial charge is 0.319 e. The quantitative estimate of drug-likeness (QED) is 0.889. The second-order valence-corrected chi connectivity index (χ2v) is 5.29. The Bertz CT molecular complexity index is 560. The topological polar surface area (TPSA) is 71.8 Å². The molecule has 0 fully saturated rings. The van der Waals surface area contributed by atoms with Crippen LogP contribution in [0, 0.1) is 13.8 Å². The van der Waals surface area contributed by atoms with Crippen LogP contribution in [0.1, 0.15) is 15.6 Å². The number of aryl methyl sites for hydroxylation is 3. The molecule has 2 aromatic heterocycles. The molecule has 0 aliphatic heterocycles. The van der Waals surface area contributed by atoms with Crippen LogP contribution in [0.3, 0.4) is 0 Å². The first-order chi connectivity index (χ1) is 8.54. The van der Waals surface area contributed by atoms with Gasteiger partial charge >= 0.3 is 6.03 Å². The molecule has 2 heterocycles. The minimum Gasteiger partial charge on any atom is -0.331 e. The third-order valence-electron chi connectivity index (χ3n) is 2.33. The molecule has 7 heteroatoms. The van der Waals surface area contributed by atoms with Crippen molar-refractivity contribution in [1.29, 1.82) is 0 Å². The molecule has 0 aliphatic carbocycles. The van der Waals surface area contributed by atoms with Crippen LogP contribution in [0.4, 0.5) is 10.5 Å². The van der Waals surface area contributed by atoms with Crippen molar-refractivity contribution in [2.75, 3.05) is 5.32 Å². The van der Waals surface area contributed by atoms with E-state index in [-0.39, 0.29) is 6.03 Å². The zero-order valence-electron chi connectivity index (χ0n) is 10.5. The molecule has 0 spiro atoms. The Balaban J connectivity index is 1.87. The van der Waals surface area contributed by atoms with Crippen LogP contribution in [0.5, 0.6) is 0 Å². The summed E-state index contributed by atoms with van der Waals surface area (Å²) in [6.45, 7) is 4.27. The van der Waals surface area contributed by atoms with Crippen molar-refractivity contribution >= 4 is 23.1 Å². The summed E-state index contributed by atoms with van der Waals surface area (Å²) in [6, 6.07) is -0.251. The van der Waals surface area contributed by atoms with Crippen molar-refractivity contribution in [2.45, 2.75) is 20.4 Å². The molecular weight excluding hydrogens is 250 g/mol. The molecule has 2 amide bonds. The van der Waals surface area contributed by atoms with E-state index in [1.54, 1.807) is 28.4 Å². The first-order valence-corrected chi connectivity index (χ1v) is 6.32. The molecule has 2 rings (SSSR count). The number of hydrogen-bond acceptors (Lipinski definition) is 4. The van der Waals surface area contributed by atoms with Gasteiger partial charge in [-0.3, -0.25) is 4.68 Å². The standard InChI is InChI=1S/C11H15N5OS/c1-7-4-12-10(18-7)5-13-11(17)14-9-6-16(3)15-8(9)2/h4,6H,5H2,1-3H3,(H2,13,14,17). The Morgan fingerprint density at radius 3 is 2.83 bits per heavy atom. The largest absolute Gasteiger partial charge is 0.331 e. The SMILES string of the molecule is Cc1cnc(CNC(=O)Nc2cn(C)nc2C)s1. The van der Waals surface area contributed by atoms with E-state index in [0.717, 1.165) is 15.6 Å². The highest BCUT2D eigenvalue weighted by Gasteiger charge is 2.07. The minimum atomic E-state index is -0.251. The van der Waals surface area contributed by atoms with Crippen LogP contribution < -0.4 is 10.6 Å². The molecule has 0 radical (unpaired) electrons. The molecule has 0 bridgehead atoms. The molecule has 0 saturated heterocycles. The molecule has 6 nitrogen and oxygen atoms in total. The summed E-state index contributed by atoms with van der Waals surface area (Å²) >= 11 is 1.57. The predicted molar refractivity (Wildman–Crippen MR) is 70.7 cm³/mol. The van der Waals surface area contributed by atoms with E-state index in [1.807, 2.05) is 20.9 Å². The Morgan fingerprint density at radius 1 is 1.50 bits per heavy atom. The summed E-state index contributed by atoms with van der Waals surface area (Å²) < 4.78 is 1.66. The number of thiazole rings is 1. The van der Waals surface area contributed by atoms with Gasteiger partial charge in [0.25, 0.3) is 0 Å². The van der Waals surface area contributed by atoms with Crippen molar-refractivity contribution in [3.8, 4) is 0 Å². The number of rotatable bonds is 3. The lowest BCUT2D eigenvalue weighted by Gasteiger charge is -2.04. The van der Waals surface area contributed by atoms with Crippen molar-refractivity contribution in [3.63, 3.8) is 0 Å². The van der Waals surface area contributed by atoms with Crippen LogP contribution in [-0.4, -0.2) is 20.8 Å². The van der Waals surface area contributed by atoms with E-state index in [1.165, 1.54) is 0 Å². The van der Waals surface area contributed by atoms with E-state index in [0.29, 0.717) is 12.2 Å². The minimum absolute atomic E-state index is 0.251. The summed E-state index contributed by atoms with van der Waals surface area (Å²) in [5, 5.41) is 10.6. The van der Waals surface area contributed by atoms with E-state index in [4.69, 9.17) is 0 Å². The number of carbonyl (C=O) groups is 1. The first-order valence-electron chi connectivity index (χ1n) is 5.51. The second kappa shape index (κ2) is 5.18. The van der Waals surface area contributed by atoms with Gasteiger partial charge in [-0.1, -0.05) is 0 Å². The first kappa shape index (κ1) is 12.6. The fourth-order valence-electron chi connectivity index (χ4n) is 1.53. The maximum atomic E-state index is 11.7. The monoisotopic (exact) mass is 265 g/mol. The summed E-state index contributed by atoms with van der Waals surface area (Å²) in [6.07, 6.45) is 3.56. The molecule has 0 atom stereocenters. The van der Waals surface area contributed by atoms with Gasteiger partial charge in [-0.25, -0.2) is 9.78 Å². The number of carbonyl (C=O) groups excluding carboxylic acids is 1. The summed E-state index contributed by atoms with van der Waals surface area (Å²) in [7, 11) is 1.81. The van der Waals surface area contributed by atoms with Crippen molar-refractivity contribution < 1.29 is 4.79 Å². The number of aromatic nitrogens is 3. The van der Waals surface area contributed by atoms with Crippen LogP contribution in [0.2, 0.25) is 0 Å². The Hall–Kier alpha value is -1.89. The molecule has 2 aromatic rings. The van der Waals surface area contributed by atoms with Crippen molar-refractivity contribution in [1.82, 2.24) is 20.1 Å². The molecule has 0 unspecified atom stereocenters. The molecule has 18 heavy (non-hydrogen) atoms. The highest BCUT2D eigenvalue weighted by molar-refractivity contribution is 7.11. The number of nitrogens with one attached hydrogen (secondary N) is 2. The zero-order chi connectivity index (χ0) is 13.1. The normalized spacial score (nSPS) is 10.4. The lowest BCUT2D eigenvalue weighted by atomic mass is 10.4. The van der Waals surface area contributed by atoms with Gasteiger partial charge in [0, 0.05) is 24.3 Å². The van der Waals surface area contributed by atoms with Gasteiger partial charge in [-0.05, 0) is 13.8 Å². The number of urea groups is 1. The molecule has 0 aliphatic rings. The zero-order valence-corrected chi connectivity index (χ0v) is 11.3. The van der Waals surface area contributed by atoms with E-state index in [9.17, 15) is 4.79 Å². The maximum Gasteiger partial charge on any atom is 0.319 e. The van der Waals surface area contributed by atoms with Crippen LogP contribution in [0.25, 0.3) is 0 Å². The number of hydrogen-bond donors (Lipinski definition) is 2. The van der Waals surface area contributed by atoms with Gasteiger partial charge in [-0.2, -0.15) is 5.10 Å². The number of amides is 2. The number of nitrogens with zero attached hydrogens (tertiary/aromatic N) is 3. The Labute approximate surface area is 109 Å². The fraction of sp³-hybridized carbons (Fsp3) is 0.364. The molecule has 0 saturated carbocycles. The Kier molecular flexibility index (Phi) is 3.61. The third-order valence-corrected chi connectivity index (χ3v) is 3.24. The lowest BCUT2D eigenvalue weighted by molar-refractivity contribution is 0.251. The molecular formula is C11H15N5OS. The summed E-state index contributed by atoms with van der Waals surface area (Å²) in [5.74, 6) is 0. The van der Waals surface area contributed by atoms with E-state index < -0.39 is 0 Å².